The molecule has 0 spiro atoms. The number of aromatic amines is 1. The van der Waals surface area contributed by atoms with Crippen molar-refractivity contribution in [1.82, 2.24) is 14.5 Å². The van der Waals surface area contributed by atoms with Gasteiger partial charge in [0.25, 0.3) is 0 Å². The molecule has 1 amide bonds. The normalized spacial score (nSPS) is 11.6. The van der Waals surface area contributed by atoms with E-state index >= 15 is 0 Å². The van der Waals surface area contributed by atoms with Crippen LogP contribution in [-0.4, -0.2) is 20.4 Å². The average Bonchev–Trinajstić information content (AvgIpc) is 3.38. The fourth-order valence-electron chi connectivity index (χ4n) is 4.02. The highest BCUT2D eigenvalue weighted by atomic mass is 19.1. The Bertz CT molecular complexity index is 1620. The van der Waals surface area contributed by atoms with Gasteiger partial charge in [0.2, 0.25) is 5.91 Å². The van der Waals surface area contributed by atoms with Crippen LogP contribution in [0.25, 0.3) is 33.6 Å². The van der Waals surface area contributed by atoms with Gasteiger partial charge in [-0.2, -0.15) is 5.26 Å². The standard InChI is InChI=1S/C27H20FN5O/c1-17-5-4-6-21(11-17)30-26(34)16-33-15-19(22-7-2-3-8-25(22)33)12-18(14-29)27-31-23-10-9-20(28)13-24(23)32-27/h2-13,15H,16H2,1H3,(H,30,34)(H,31,32)/b18-12-. The molecule has 34 heavy (non-hydrogen) atoms. The van der Waals surface area contributed by atoms with Crippen LogP contribution in [0.3, 0.4) is 0 Å². The molecule has 0 unspecified atom stereocenters. The molecule has 0 bridgehead atoms. The first kappa shape index (κ1) is 21.2. The van der Waals surface area contributed by atoms with Gasteiger partial charge in [-0.25, -0.2) is 9.37 Å². The number of halogens is 1. The largest absolute Gasteiger partial charge is 0.337 e. The fourth-order valence-corrected chi connectivity index (χ4v) is 4.02. The van der Waals surface area contributed by atoms with Crippen LogP contribution in [0.5, 0.6) is 0 Å². The molecule has 0 aliphatic carbocycles. The van der Waals surface area contributed by atoms with Gasteiger partial charge in [-0.05, 0) is 55.0 Å². The lowest BCUT2D eigenvalue weighted by molar-refractivity contribution is -0.116. The number of aromatic nitrogens is 3. The van der Waals surface area contributed by atoms with E-state index in [1.807, 2.05) is 66.2 Å². The number of allylic oxidation sites excluding steroid dienone is 1. The number of carbonyl (C=O) groups excluding carboxylic acids is 1. The maximum atomic E-state index is 13.6. The first-order valence-electron chi connectivity index (χ1n) is 10.7. The van der Waals surface area contributed by atoms with E-state index in [1.165, 1.54) is 12.1 Å². The Balaban J connectivity index is 1.49. The lowest BCUT2D eigenvalue weighted by Gasteiger charge is -2.08. The molecular formula is C27H20FN5O. The van der Waals surface area contributed by atoms with Gasteiger partial charge in [0.15, 0.2) is 0 Å². The highest BCUT2D eigenvalue weighted by molar-refractivity contribution is 5.99. The predicted molar refractivity (Wildman–Crippen MR) is 131 cm³/mol. The molecule has 6 nitrogen and oxygen atoms in total. The Morgan fingerprint density at radius 1 is 1.18 bits per heavy atom. The quantitative estimate of drug-likeness (QED) is 0.339. The van der Waals surface area contributed by atoms with Crippen LogP contribution in [0.1, 0.15) is 17.0 Å². The zero-order valence-corrected chi connectivity index (χ0v) is 18.3. The maximum absolute atomic E-state index is 13.6. The second kappa shape index (κ2) is 8.68. The number of amides is 1. The fraction of sp³-hybridized carbons (Fsp3) is 0.0741. The first-order valence-corrected chi connectivity index (χ1v) is 10.7. The van der Waals surface area contributed by atoms with Crippen molar-refractivity contribution >= 4 is 45.2 Å². The Morgan fingerprint density at radius 2 is 2.03 bits per heavy atom. The van der Waals surface area contributed by atoms with Crippen molar-refractivity contribution in [2.75, 3.05) is 5.32 Å². The van der Waals surface area contributed by atoms with Crippen LogP contribution in [-0.2, 0) is 11.3 Å². The molecule has 0 aliphatic heterocycles. The summed E-state index contributed by atoms with van der Waals surface area (Å²) in [6, 6.07) is 21.8. The smallest absolute Gasteiger partial charge is 0.244 e. The van der Waals surface area contributed by atoms with E-state index in [-0.39, 0.29) is 18.3 Å². The zero-order chi connectivity index (χ0) is 23.7. The molecule has 0 atom stereocenters. The molecule has 5 aromatic rings. The number of hydrogen-bond acceptors (Lipinski definition) is 3. The topological polar surface area (TPSA) is 86.5 Å². The number of nitrogens with one attached hydrogen (secondary N) is 2. The third-order valence-electron chi connectivity index (χ3n) is 5.55. The van der Waals surface area contributed by atoms with Gasteiger partial charge in [0.1, 0.15) is 24.3 Å². The Kier molecular flexibility index (Phi) is 5.40. The molecule has 166 valence electrons. The van der Waals surface area contributed by atoms with Crippen molar-refractivity contribution in [1.29, 1.82) is 5.26 Å². The summed E-state index contributed by atoms with van der Waals surface area (Å²) >= 11 is 0. The number of hydrogen-bond donors (Lipinski definition) is 2. The molecule has 0 radical (unpaired) electrons. The van der Waals surface area contributed by atoms with Crippen molar-refractivity contribution in [2.45, 2.75) is 13.5 Å². The van der Waals surface area contributed by atoms with Crippen molar-refractivity contribution in [2.24, 2.45) is 0 Å². The SMILES string of the molecule is Cc1cccc(NC(=O)Cn2cc(/C=C(/C#N)c3nc4ccc(F)cc4[nH]3)c3ccccc32)c1. The summed E-state index contributed by atoms with van der Waals surface area (Å²) in [7, 11) is 0. The molecule has 0 saturated heterocycles. The van der Waals surface area contributed by atoms with E-state index in [4.69, 9.17) is 0 Å². The highest BCUT2D eigenvalue weighted by Gasteiger charge is 2.13. The zero-order valence-electron chi connectivity index (χ0n) is 18.3. The van der Waals surface area contributed by atoms with E-state index in [2.05, 4.69) is 21.4 Å². The van der Waals surface area contributed by atoms with Crippen LogP contribution in [0.15, 0.2) is 72.9 Å². The molecule has 2 N–H and O–H groups in total. The summed E-state index contributed by atoms with van der Waals surface area (Å²) in [5.41, 5.74) is 4.87. The third kappa shape index (κ3) is 4.17. The molecule has 7 heteroatoms. The van der Waals surface area contributed by atoms with E-state index in [9.17, 15) is 14.4 Å². The lowest BCUT2D eigenvalue weighted by atomic mass is 10.1. The Labute approximate surface area is 195 Å². The van der Waals surface area contributed by atoms with Crippen LogP contribution in [0, 0.1) is 24.1 Å². The summed E-state index contributed by atoms with van der Waals surface area (Å²) in [5, 5.41) is 13.6. The monoisotopic (exact) mass is 449 g/mol. The summed E-state index contributed by atoms with van der Waals surface area (Å²) in [6.45, 7) is 2.09. The number of fused-ring (bicyclic) bond motifs is 2. The van der Waals surface area contributed by atoms with E-state index < -0.39 is 0 Å². The average molecular weight is 449 g/mol. The number of para-hydroxylation sites is 1. The van der Waals surface area contributed by atoms with Crippen LogP contribution < -0.4 is 5.32 Å². The summed E-state index contributed by atoms with van der Waals surface area (Å²) in [4.78, 5) is 20.2. The minimum Gasteiger partial charge on any atom is -0.337 e. The minimum atomic E-state index is -0.378. The molecule has 0 saturated carbocycles. The van der Waals surface area contributed by atoms with Gasteiger partial charge in [-0.1, -0.05) is 30.3 Å². The minimum absolute atomic E-state index is 0.119. The van der Waals surface area contributed by atoms with Crippen LogP contribution in [0.4, 0.5) is 10.1 Å². The number of imidazole rings is 1. The van der Waals surface area contributed by atoms with Gasteiger partial charge in [-0.3, -0.25) is 4.79 Å². The van der Waals surface area contributed by atoms with Crippen molar-refractivity contribution in [3.63, 3.8) is 0 Å². The Hall–Kier alpha value is -4.70. The molecule has 5 rings (SSSR count). The number of rotatable bonds is 5. The number of anilines is 1. The number of nitriles is 1. The van der Waals surface area contributed by atoms with Crippen LogP contribution in [0.2, 0.25) is 0 Å². The number of H-pyrrole nitrogens is 1. The second-order valence-electron chi connectivity index (χ2n) is 8.06. The van der Waals surface area contributed by atoms with Crippen molar-refractivity contribution in [3.05, 3.63) is 95.7 Å². The van der Waals surface area contributed by atoms with Crippen molar-refractivity contribution in [3.8, 4) is 6.07 Å². The van der Waals surface area contributed by atoms with E-state index in [0.29, 0.717) is 22.4 Å². The molecular weight excluding hydrogens is 429 g/mol. The number of carbonyl (C=O) groups is 1. The second-order valence-corrected chi connectivity index (χ2v) is 8.06. The van der Waals surface area contributed by atoms with Crippen molar-refractivity contribution < 1.29 is 9.18 Å². The number of aryl methyl sites for hydroxylation is 1. The summed E-state index contributed by atoms with van der Waals surface area (Å²) in [5.74, 6) is -0.170. The molecule has 3 aromatic carbocycles. The molecule has 0 fully saturated rings. The number of benzene rings is 3. The van der Waals surface area contributed by atoms with Gasteiger partial charge in [-0.15, -0.1) is 0 Å². The first-order chi connectivity index (χ1) is 16.5. The van der Waals surface area contributed by atoms with Gasteiger partial charge in [0.05, 0.1) is 16.6 Å². The van der Waals surface area contributed by atoms with Gasteiger partial charge < -0.3 is 14.9 Å². The lowest BCUT2D eigenvalue weighted by Crippen LogP contribution is -2.18. The molecule has 2 aromatic heterocycles. The molecule has 0 aliphatic rings. The summed E-state index contributed by atoms with van der Waals surface area (Å²) < 4.78 is 15.4. The molecule has 2 heterocycles. The van der Waals surface area contributed by atoms with Crippen LogP contribution >= 0.6 is 0 Å². The maximum Gasteiger partial charge on any atom is 0.244 e. The Morgan fingerprint density at radius 3 is 2.85 bits per heavy atom. The predicted octanol–water partition coefficient (Wildman–Crippen LogP) is 5.67. The number of nitrogens with zero attached hydrogens (tertiary/aromatic N) is 3. The van der Waals surface area contributed by atoms with E-state index in [1.54, 1.807) is 12.1 Å². The summed E-state index contributed by atoms with van der Waals surface area (Å²) in [6.07, 6.45) is 3.57. The van der Waals surface area contributed by atoms with E-state index in [0.717, 1.165) is 27.7 Å². The van der Waals surface area contributed by atoms with Gasteiger partial charge >= 0.3 is 0 Å². The van der Waals surface area contributed by atoms with Gasteiger partial charge in [0, 0.05) is 28.4 Å². The highest BCUT2D eigenvalue weighted by Crippen LogP contribution is 2.26. The third-order valence-corrected chi connectivity index (χ3v) is 5.55.